The summed E-state index contributed by atoms with van der Waals surface area (Å²) >= 11 is 0. The van der Waals surface area contributed by atoms with Crippen LogP contribution in [0.1, 0.15) is 13.8 Å². The molecule has 1 rings (SSSR count). The molecule has 19 heavy (non-hydrogen) atoms. The van der Waals surface area contributed by atoms with E-state index in [2.05, 4.69) is 0 Å². The maximum Gasteiger partial charge on any atom is 0.310 e. The minimum Gasteiger partial charge on any atom is -0.481 e. The Bertz CT molecular complexity index is 620. The van der Waals surface area contributed by atoms with Gasteiger partial charge in [-0.15, -0.1) is 0 Å². The number of carboxylic acids is 1. The molecule has 0 aliphatic rings. The van der Waals surface area contributed by atoms with Gasteiger partial charge in [-0.1, -0.05) is 12.1 Å². The van der Waals surface area contributed by atoms with E-state index < -0.39 is 42.5 Å². The monoisotopic (exact) mass is 287 g/mol. The highest BCUT2D eigenvalue weighted by Crippen LogP contribution is 2.28. The summed E-state index contributed by atoms with van der Waals surface area (Å²) in [5.41, 5.74) is -2.08. The molecule has 0 heterocycles. The van der Waals surface area contributed by atoms with Crippen molar-refractivity contribution < 1.29 is 23.2 Å². The Morgan fingerprint density at radius 2 is 1.89 bits per heavy atom. The summed E-state index contributed by atoms with van der Waals surface area (Å²) in [6.07, 6.45) is 0. The average molecular weight is 287 g/mol. The number of sulfone groups is 1. The van der Waals surface area contributed by atoms with Crippen molar-refractivity contribution in [1.29, 1.82) is 0 Å². The largest absolute Gasteiger partial charge is 0.481 e. The summed E-state index contributed by atoms with van der Waals surface area (Å²) in [6.45, 7) is 2.50. The van der Waals surface area contributed by atoms with Gasteiger partial charge in [0.2, 0.25) is 0 Å². The van der Waals surface area contributed by atoms with Crippen LogP contribution in [0.15, 0.2) is 29.2 Å². The van der Waals surface area contributed by atoms with Gasteiger partial charge >= 0.3 is 5.97 Å². The molecule has 0 saturated carbocycles. The average Bonchev–Trinajstić information content (AvgIpc) is 2.27. The second-order valence-electron chi connectivity index (χ2n) is 4.67. The first-order valence-electron chi connectivity index (χ1n) is 5.27. The molecule has 0 spiro atoms. The summed E-state index contributed by atoms with van der Waals surface area (Å²) in [6, 6.07) is 4.87. The number of carboxylic acid groups (broad SMARTS) is 1. The third kappa shape index (κ3) is 3.28. The van der Waals surface area contributed by atoms with Gasteiger partial charge in [-0.25, -0.2) is 8.42 Å². The molecule has 7 nitrogen and oxygen atoms in total. The van der Waals surface area contributed by atoms with Crippen LogP contribution in [0.5, 0.6) is 0 Å². The number of hydrogen-bond acceptors (Lipinski definition) is 5. The molecule has 1 aromatic carbocycles. The Morgan fingerprint density at radius 3 is 2.37 bits per heavy atom. The minimum atomic E-state index is -4.06. The lowest BCUT2D eigenvalue weighted by Crippen LogP contribution is -2.32. The second kappa shape index (κ2) is 4.96. The first-order valence-corrected chi connectivity index (χ1v) is 6.93. The fourth-order valence-electron chi connectivity index (χ4n) is 1.49. The first-order chi connectivity index (χ1) is 8.58. The van der Waals surface area contributed by atoms with Crippen LogP contribution < -0.4 is 0 Å². The van der Waals surface area contributed by atoms with Crippen LogP contribution in [-0.4, -0.2) is 30.2 Å². The van der Waals surface area contributed by atoms with Crippen LogP contribution in [-0.2, 0) is 14.6 Å². The molecule has 8 heteroatoms. The molecule has 0 fully saturated rings. The Balaban J connectivity index is 3.30. The zero-order valence-electron chi connectivity index (χ0n) is 10.4. The van der Waals surface area contributed by atoms with E-state index in [4.69, 9.17) is 5.11 Å². The molecule has 104 valence electrons. The number of carbonyl (C=O) groups is 1. The van der Waals surface area contributed by atoms with E-state index in [1.807, 2.05) is 0 Å². The maximum atomic E-state index is 12.1. The Morgan fingerprint density at radius 1 is 1.37 bits per heavy atom. The molecule has 1 aromatic rings. The Hall–Kier alpha value is -1.96. The standard InChI is InChI=1S/C11H13NO6S/c1-11(2,10(13)14)7-19(17,18)9-6-4-3-5-8(9)12(15)16/h3-6H,7H2,1-2H3,(H,13,14). The minimum absolute atomic E-state index is 0.464. The van der Waals surface area contributed by atoms with E-state index >= 15 is 0 Å². The predicted molar refractivity (Wildman–Crippen MR) is 66.6 cm³/mol. The SMILES string of the molecule is CC(C)(CS(=O)(=O)c1ccccc1[N+](=O)[O-])C(=O)O. The van der Waals surface area contributed by atoms with E-state index in [1.165, 1.54) is 26.0 Å². The van der Waals surface area contributed by atoms with Crippen LogP contribution in [0.4, 0.5) is 5.69 Å². The second-order valence-corrected chi connectivity index (χ2v) is 6.63. The first kappa shape index (κ1) is 15.1. The van der Waals surface area contributed by atoms with Gasteiger partial charge in [0.1, 0.15) is 4.90 Å². The molecular formula is C11H13NO6S. The van der Waals surface area contributed by atoms with Gasteiger partial charge in [0, 0.05) is 6.07 Å². The van der Waals surface area contributed by atoms with Crippen molar-refractivity contribution in [2.45, 2.75) is 18.7 Å². The van der Waals surface area contributed by atoms with Crippen molar-refractivity contribution in [3.63, 3.8) is 0 Å². The predicted octanol–water partition coefficient (Wildman–Crippen LogP) is 1.48. The summed E-state index contributed by atoms with van der Waals surface area (Å²) in [5.74, 6) is -1.99. The Labute approximate surface area is 109 Å². The normalized spacial score (nSPS) is 12.1. The Kier molecular flexibility index (Phi) is 3.94. The summed E-state index contributed by atoms with van der Waals surface area (Å²) in [5, 5.41) is 19.7. The van der Waals surface area contributed by atoms with Gasteiger partial charge in [0.15, 0.2) is 9.84 Å². The zero-order chi connectivity index (χ0) is 14.8. The highest BCUT2D eigenvalue weighted by Gasteiger charge is 2.36. The smallest absolute Gasteiger partial charge is 0.310 e. The molecule has 0 saturated heterocycles. The van der Waals surface area contributed by atoms with E-state index in [9.17, 15) is 23.3 Å². The molecule has 0 aliphatic carbocycles. The number of nitrogens with zero attached hydrogens (tertiary/aromatic N) is 1. The van der Waals surface area contributed by atoms with Crippen molar-refractivity contribution in [2.75, 3.05) is 5.75 Å². The summed E-state index contributed by atoms with van der Waals surface area (Å²) in [7, 11) is -4.06. The molecule has 0 amide bonds. The van der Waals surface area contributed by atoms with Crippen LogP contribution in [0, 0.1) is 15.5 Å². The third-order valence-electron chi connectivity index (χ3n) is 2.53. The van der Waals surface area contributed by atoms with Crippen molar-refractivity contribution >= 4 is 21.5 Å². The number of aliphatic carboxylic acids is 1. The molecule has 0 aliphatic heterocycles. The van der Waals surface area contributed by atoms with Gasteiger partial charge in [0.05, 0.1) is 16.1 Å². The number of nitro benzene ring substituents is 1. The van der Waals surface area contributed by atoms with Gasteiger partial charge in [-0.2, -0.15) is 0 Å². The van der Waals surface area contributed by atoms with Gasteiger partial charge in [0.25, 0.3) is 5.69 Å². The van der Waals surface area contributed by atoms with Crippen LogP contribution >= 0.6 is 0 Å². The lowest BCUT2D eigenvalue weighted by Gasteiger charge is -2.18. The van der Waals surface area contributed by atoms with E-state index in [-0.39, 0.29) is 0 Å². The highest BCUT2D eigenvalue weighted by atomic mass is 32.2. The molecule has 0 aromatic heterocycles. The van der Waals surface area contributed by atoms with Crippen LogP contribution in [0.3, 0.4) is 0 Å². The fourth-order valence-corrected chi connectivity index (χ4v) is 3.46. The van der Waals surface area contributed by atoms with E-state index in [0.29, 0.717) is 0 Å². The van der Waals surface area contributed by atoms with Crippen molar-refractivity contribution in [3.8, 4) is 0 Å². The number of nitro groups is 1. The molecule has 0 atom stereocenters. The highest BCUT2D eigenvalue weighted by molar-refractivity contribution is 7.91. The fraction of sp³-hybridized carbons (Fsp3) is 0.364. The lowest BCUT2D eigenvalue weighted by molar-refractivity contribution is -0.387. The number of hydrogen-bond donors (Lipinski definition) is 1. The third-order valence-corrected chi connectivity index (χ3v) is 4.64. The van der Waals surface area contributed by atoms with Crippen molar-refractivity contribution in [1.82, 2.24) is 0 Å². The van der Waals surface area contributed by atoms with Gasteiger partial charge < -0.3 is 5.11 Å². The van der Waals surface area contributed by atoms with Gasteiger partial charge in [-0.05, 0) is 19.9 Å². The van der Waals surface area contributed by atoms with E-state index in [1.54, 1.807) is 0 Å². The lowest BCUT2D eigenvalue weighted by atomic mass is 9.97. The molecule has 0 radical (unpaired) electrons. The topological polar surface area (TPSA) is 115 Å². The number of para-hydroxylation sites is 1. The van der Waals surface area contributed by atoms with Gasteiger partial charge in [-0.3, -0.25) is 14.9 Å². The van der Waals surface area contributed by atoms with E-state index in [0.717, 1.165) is 12.1 Å². The van der Waals surface area contributed by atoms with Crippen LogP contribution in [0.2, 0.25) is 0 Å². The number of rotatable bonds is 5. The maximum absolute atomic E-state index is 12.1. The molecule has 0 unspecified atom stereocenters. The summed E-state index contributed by atoms with van der Waals surface area (Å²) < 4.78 is 24.2. The van der Waals surface area contributed by atoms with Crippen molar-refractivity contribution in [2.24, 2.45) is 5.41 Å². The molecule has 0 bridgehead atoms. The number of benzene rings is 1. The quantitative estimate of drug-likeness (QED) is 0.648. The summed E-state index contributed by atoms with van der Waals surface area (Å²) in [4.78, 5) is 20.5. The zero-order valence-corrected chi connectivity index (χ0v) is 11.2. The van der Waals surface area contributed by atoms with Crippen molar-refractivity contribution in [3.05, 3.63) is 34.4 Å². The molecular weight excluding hydrogens is 274 g/mol. The van der Waals surface area contributed by atoms with Crippen LogP contribution in [0.25, 0.3) is 0 Å². The molecule has 1 N–H and O–H groups in total.